The van der Waals surface area contributed by atoms with Crippen LogP contribution in [0.15, 0.2) is 18.2 Å². The quantitative estimate of drug-likeness (QED) is 0.638. The third-order valence-electron chi connectivity index (χ3n) is 3.77. The zero-order chi connectivity index (χ0) is 15.1. The van der Waals surface area contributed by atoms with Crippen LogP contribution in [0.1, 0.15) is 44.9 Å². The fourth-order valence-electron chi connectivity index (χ4n) is 2.58. The van der Waals surface area contributed by atoms with E-state index in [-0.39, 0.29) is 5.91 Å². The molecule has 3 N–H and O–H groups in total. The number of ether oxygens (including phenoxy) is 1. The Morgan fingerprint density at radius 3 is 2.71 bits per heavy atom. The summed E-state index contributed by atoms with van der Waals surface area (Å²) in [6.45, 7) is 0.455. The molecule has 21 heavy (non-hydrogen) atoms. The highest BCUT2D eigenvalue weighted by Crippen LogP contribution is 2.23. The van der Waals surface area contributed by atoms with E-state index in [1.807, 2.05) is 0 Å². The number of nitrogens with two attached hydrogens (primary N) is 1. The molecule has 1 aromatic rings. The van der Waals surface area contributed by atoms with E-state index < -0.39 is 0 Å². The average molecular weight is 311 g/mol. The normalized spacial score (nSPS) is 16.4. The van der Waals surface area contributed by atoms with Crippen LogP contribution in [0.4, 0.5) is 11.4 Å². The highest BCUT2D eigenvalue weighted by molar-refractivity contribution is 6.31. The van der Waals surface area contributed by atoms with Crippen molar-refractivity contribution in [2.75, 3.05) is 17.7 Å². The lowest BCUT2D eigenvalue weighted by Gasteiger charge is -2.15. The van der Waals surface area contributed by atoms with Crippen LogP contribution in [-0.2, 0) is 9.53 Å². The monoisotopic (exact) mass is 310 g/mol. The molecule has 0 saturated heterocycles. The fraction of sp³-hybridized carbons (Fsp3) is 0.562. The number of halogens is 1. The molecule has 0 aromatic heterocycles. The van der Waals surface area contributed by atoms with E-state index in [0.717, 1.165) is 12.8 Å². The zero-order valence-corrected chi connectivity index (χ0v) is 13.0. The predicted molar refractivity (Wildman–Crippen MR) is 86.6 cm³/mol. The summed E-state index contributed by atoms with van der Waals surface area (Å²) >= 11 is 5.89. The van der Waals surface area contributed by atoms with Gasteiger partial charge in [-0.25, -0.2) is 0 Å². The van der Waals surface area contributed by atoms with Gasteiger partial charge in [0.05, 0.1) is 30.5 Å². The zero-order valence-electron chi connectivity index (χ0n) is 12.2. The summed E-state index contributed by atoms with van der Waals surface area (Å²) in [5.41, 5.74) is 6.86. The second kappa shape index (κ2) is 8.25. The van der Waals surface area contributed by atoms with Gasteiger partial charge in [-0.2, -0.15) is 0 Å². The van der Waals surface area contributed by atoms with Crippen LogP contribution in [0, 0.1) is 0 Å². The van der Waals surface area contributed by atoms with Gasteiger partial charge in [-0.15, -0.1) is 0 Å². The molecule has 2 rings (SSSR count). The minimum atomic E-state index is -0.0995. The first-order chi connectivity index (χ1) is 10.1. The molecule has 1 saturated carbocycles. The van der Waals surface area contributed by atoms with Crippen molar-refractivity contribution in [3.05, 3.63) is 23.2 Å². The standard InChI is InChI=1S/C16H23ClN2O2/c17-12-7-8-14(18)15(11-12)19-16(20)9-10-21-13-5-3-1-2-4-6-13/h7-8,11,13H,1-6,9-10,18H2,(H,19,20). The molecular formula is C16H23ClN2O2. The number of rotatable bonds is 5. The van der Waals surface area contributed by atoms with Gasteiger partial charge in [-0.05, 0) is 31.0 Å². The molecule has 0 heterocycles. The summed E-state index contributed by atoms with van der Waals surface area (Å²) in [6.07, 6.45) is 7.94. The lowest BCUT2D eigenvalue weighted by Crippen LogP contribution is -2.18. The lowest BCUT2D eigenvalue weighted by atomic mass is 10.1. The van der Waals surface area contributed by atoms with Crippen molar-refractivity contribution < 1.29 is 9.53 Å². The van der Waals surface area contributed by atoms with E-state index in [9.17, 15) is 4.79 Å². The van der Waals surface area contributed by atoms with Crippen molar-refractivity contribution in [3.8, 4) is 0 Å². The number of carbonyl (C=O) groups excluding carboxylic acids is 1. The van der Waals surface area contributed by atoms with Gasteiger partial charge >= 0.3 is 0 Å². The minimum Gasteiger partial charge on any atom is -0.397 e. The maximum Gasteiger partial charge on any atom is 0.226 e. The van der Waals surface area contributed by atoms with Gasteiger partial charge in [-0.3, -0.25) is 4.79 Å². The average Bonchev–Trinajstić information content (AvgIpc) is 2.72. The Balaban J connectivity index is 1.73. The Morgan fingerprint density at radius 2 is 2.00 bits per heavy atom. The number of anilines is 2. The van der Waals surface area contributed by atoms with Gasteiger partial charge in [0.25, 0.3) is 0 Å². The lowest BCUT2D eigenvalue weighted by molar-refractivity contribution is -0.117. The van der Waals surface area contributed by atoms with E-state index >= 15 is 0 Å². The second-order valence-corrected chi connectivity index (χ2v) is 5.95. The first kappa shape index (κ1) is 16.1. The molecule has 0 bridgehead atoms. The number of hydrogen-bond donors (Lipinski definition) is 2. The summed E-state index contributed by atoms with van der Waals surface area (Å²) in [5, 5.41) is 3.32. The van der Waals surface area contributed by atoms with Crippen LogP contribution in [-0.4, -0.2) is 18.6 Å². The summed E-state index contributed by atoms with van der Waals surface area (Å²) in [4.78, 5) is 11.9. The van der Waals surface area contributed by atoms with Crippen LogP contribution < -0.4 is 11.1 Å². The van der Waals surface area contributed by atoms with Gasteiger partial charge in [-0.1, -0.05) is 37.3 Å². The van der Waals surface area contributed by atoms with Crippen molar-refractivity contribution in [1.29, 1.82) is 0 Å². The Bertz CT molecular complexity index is 471. The van der Waals surface area contributed by atoms with Gasteiger partial charge < -0.3 is 15.8 Å². The number of hydrogen-bond acceptors (Lipinski definition) is 3. The minimum absolute atomic E-state index is 0.0995. The molecule has 1 fully saturated rings. The van der Waals surface area contributed by atoms with E-state index in [2.05, 4.69) is 5.32 Å². The van der Waals surface area contributed by atoms with Crippen molar-refractivity contribution in [2.24, 2.45) is 0 Å². The van der Waals surface area contributed by atoms with Crippen molar-refractivity contribution in [1.82, 2.24) is 0 Å². The molecule has 4 nitrogen and oxygen atoms in total. The van der Waals surface area contributed by atoms with Crippen molar-refractivity contribution in [3.63, 3.8) is 0 Å². The van der Waals surface area contributed by atoms with Crippen LogP contribution in [0.5, 0.6) is 0 Å². The van der Waals surface area contributed by atoms with E-state index in [1.54, 1.807) is 18.2 Å². The molecule has 0 unspecified atom stereocenters. The summed E-state index contributed by atoms with van der Waals surface area (Å²) in [6, 6.07) is 5.03. The largest absolute Gasteiger partial charge is 0.397 e. The Hall–Kier alpha value is -1.26. The molecule has 1 aliphatic carbocycles. The highest BCUT2D eigenvalue weighted by atomic mass is 35.5. The molecule has 0 atom stereocenters. The second-order valence-electron chi connectivity index (χ2n) is 5.51. The Labute approximate surface area is 131 Å². The molecule has 0 aliphatic heterocycles. The third-order valence-corrected chi connectivity index (χ3v) is 4.01. The summed E-state index contributed by atoms with van der Waals surface area (Å²) < 4.78 is 5.81. The number of amides is 1. The van der Waals surface area contributed by atoms with Gasteiger partial charge in [0.1, 0.15) is 0 Å². The van der Waals surface area contributed by atoms with E-state index in [1.165, 1.54) is 25.7 Å². The van der Waals surface area contributed by atoms with E-state index in [0.29, 0.717) is 35.5 Å². The smallest absolute Gasteiger partial charge is 0.226 e. The topological polar surface area (TPSA) is 64.3 Å². The maximum absolute atomic E-state index is 11.9. The van der Waals surface area contributed by atoms with Crippen molar-refractivity contribution in [2.45, 2.75) is 51.0 Å². The van der Waals surface area contributed by atoms with Crippen molar-refractivity contribution >= 4 is 28.9 Å². The molecule has 1 aliphatic rings. The Kier molecular flexibility index (Phi) is 6.33. The molecule has 1 aromatic carbocycles. The Morgan fingerprint density at radius 1 is 1.29 bits per heavy atom. The third kappa shape index (κ3) is 5.56. The molecule has 116 valence electrons. The van der Waals surface area contributed by atoms with Gasteiger partial charge in [0.2, 0.25) is 5.91 Å². The molecule has 1 amide bonds. The van der Waals surface area contributed by atoms with Crippen LogP contribution >= 0.6 is 11.6 Å². The first-order valence-electron chi connectivity index (χ1n) is 7.61. The highest BCUT2D eigenvalue weighted by Gasteiger charge is 2.13. The number of carbonyl (C=O) groups is 1. The van der Waals surface area contributed by atoms with Crippen LogP contribution in [0.2, 0.25) is 5.02 Å². The predicted octanol–water partition coefficient (Wildman–Crippen LogP) is 3.99. The number of nitrogens with one attached hydrogen (secondary N) is 1. The van der Waals surface area contributed by atoms with Crippen LogP contribution in [0.25, 0.3) is 0 Å². The SMILES string of the molecule is Nc1ccc(Cl)cc1NC(=O)CCOC1CCCCCC1. The van der Waals surface area contributed by atoms with Crippen LogP contribution in [0.3, 0.4) is 0 Å². The number of benzene rings is 1. The van der Waals surface area contributed by atoms with Gasteiger partial charge in [0.15, 0.2) is 0 Å². The van der Waals surface area contributed by atoms with Gasteiger partial charge in [0, 0.05) is 5.02 Å². The molecule has 5 heteroatoms. The summed E-state index contributed by atoms with van der Waals surface area (Å²) in [5.74, 6) is -0.0995. The molecule has 0 spiro atoms. The first-order valence-corrected chi connectivity index (χ1v) is 7.99. The van der Waals surface area contributed by atoms with E-state index in [4.69, 9.17) is 22.1 Å². The molecular weight excluding hydrogens is 288 g/mol. The molecule has 0 radical (unpaired) electrons. The maximum atomic E-state index is 11.9. The fourth-order valence-corrected chi connectivity index (χ4v) is 2.75. The number of nitrogen functional groups attached to an aromatic ring is 1. The summed E-state index contributed by atoms with van der Waals surface area (Å²) in [7, 11) is 0.